The van der Waals surface area contributed by atoms with E-state index in [0.717, 1.165) is 85.9 Å². The Balaban J connectivity index is 1.48. The minimum absolute atomic E-state index is 0.115. The maximum Gasteiger partial charge on any atom is 0.330 e. The van der Waals surface area contributed by atoms with Crippen LogP contribution in [0, 0.1) is 0 Å². The molecular formula is C48H41NO8. The predicted octanol–water partition coefficient (Wildman–Crippen LogP) is 9.66. The van der Waals surface area contributed by atoms with Gasteiger partial charge in [0.1, 0.15) is 26.4 Å². The summed E-state index contributed by atoms with van der Waals surface area (Å²) in [6.07, 6.45) is 6.61. The quantitative estimate of drug-likeness (QED) is 0.0374. The van der Waals surface area contributed by atoms with Crippen LogP contribution in [-0.4, -0.2) is 23.9 Å². The van der Waals surface area contributed by atoms with Crippen molar-refractivity contribution < 1.29 is 38.1 Å². The second kappa shape index (κ2) is 20.2. The van der Waals surface area contributed by atoms with E-state index in [1.165, 1.54) is 0 Å². The van der Waals surface area contributed by atoms with Crippen LogP contribution in [0.4, 0.5) is 17.1 Å². The summed E-state index contributed by atoms with van der Waals surface area (Å²) in [6, 6.07) is 39.0. The fourth-order valence-electron chi connectivity index (χ4n) is 5.56. The Morgan fingerprint density at radius 2 is 0.667 bits per heavy atom. The van der Waals surface area contributed by atoms with E-state index in [0.29, 0.717) is 0 Å². The predicted molar refractivity (Wildman–Crippen MR) is 221 cm³/mol. The number of esters is 4. The number of rotatable bonds is 18. The summed E-state index contributed by atoms with van der Waals surface area (Å²) in [5.41, 5.74) is 9.62. The second-order valence-corrected chi connectivity index (χ2v) is 12.5. The number of ether oxygens (including phenoxy) is 4. The molecule has 0 bridgehead atoms. The molecule has 0 spiro atoms. The van der Waals surface area contributed by atoms with Crippen molar-refractivity contribution in [2.24, 2.45) is 0 Å². The molecule has 0 aliphatic heterocycles. The lowest BCUT2D eigenvalue weighted by atomic mass is 9.94. The van der Waals surface area contributed by atoms with Crippen LogP contribution in [0.15, 0.2) is 172 Å². The highest BCUT2D eigenvalue weighted by Gasteiger charge is 2.14. The van der Waals surface area contributed by atoms with Gasteiger partial charge in [0.25, 0.3) is 0 Å². The van der Waals surface area contributed by atoms with Crippen LogP contribution in [0.2, 0.25) is 0 Å². The summed E-state index contributed by atoms with van der Waals surface area (Å²) < 4.78 is 20.9. The number of benzene rings is 5. The van der Waals surface area contributed by atoms with Crippen molar-refractivity contribution in [3.05, 3.63) is 211 Å². The summed E-state index contributed by atoms with van der Waals surface area (Å²) in [4.78, 5) is 48.6. The van der Waals surface area contributed by atoms with E-state index < -0.39 is 23.9 Å². The topological polar surface area (TPSA) is 108 Å². The fraction of sp³-hybridized carbons (Fsp3) is 0.0833. The third-order valence-corrected chi connectivity index (χ3v) is 8.57. The van der Waals surface area contributed by atoms with Gasteiger partial charge in [-0.15, -0.1) is 0 Å². The third kappa shape index (κ3) is 11.7. The highest BCUT2D eigenvalue weighted by molar-refractivity contribution is 5.92. The number of carbonyl (C=O) groups is 4. The van der Waals surface area contributed by atoms with Gasteiger partial charge in [-0.2, -0.15) is 0 Å². The zero-order valence-electron chi connectivity index (χ0n) is 31.3. The van der Waals surface area contributed by atoms with Crippen molar-refractivity contribution in [2.45, 2.75) is 26.4 Å². The molecule has 0 saturated heterocycles. The minimum atomic E-state index is -0.496. The lowest BCUT2D eigenvalue weighted by Crippen LogP contribution is -2.10. The molecule has 0 aliphatic rings. The maximum atomic E-state index is 11.6. The largest absolute Gasteiger partial charge is 0.458 e. The Hall–Kier alpha value is -7.52. The van der Waals surface area contributed by atoms with Gasteiger partial charge in [0.05, 0.1) is 0 Å². The van der Waals surface area contributed by atoms with Crippen LogP contribution in [-0.2, 0) is 64.6 Å². The van der Waals surface area contributed by atoms with Gasteiger partial charge in [-0.3, -0.25) is 0 Å². The summed E-state index contributed by atoms with van der Waals surface area (Å²) in [5, 5.41) is 0. The molecule has 5 aromatic carbocycles. The van der Waals surface area contributed by atoms with Gasteiger partial charge >= 0.3 is 23.9 Å². The Morgan fingerprint density at radius 3 is 0.947 bits per heavy atom. The van der Waals surface area contributed by atoms with Crippen molar-refractivity contribution in [1.82, 2.24) is 0 Å². The van der Waals surface area contributed by atoms with Gasteiger partial charge in [0.2, 0.25) is 0 Å². The molecule has 286 valence electrons. The molecule has 57 heavy (non-hydrogen) atoms. The molecule has 0 unspecified atom stereocenters. The molecule has 0 fully saturated rings. The Labute approximate surface area is 332 Å². The molecule has 5 aromatic rings. The van der Waals surface area contributed by atoms with Crippen molar-refractivity contribution in [3.8, 4) is 0 Å². The molecule has 0 saturated carbocycles. The minimum Gasteiger partial charge on any atom is -0.458 e. The van der Waals surface area contributed by atoms with Gasteiger partial charge in [0.15, 0.2) is 0 Å². The molecule has 0 heterocycles. The zero-order chi connectivity index (χ0) is 40.6. The van der Waals surface area contributed by atoms with Crippen LogP contribution in [0.1, 0.15) is 38.9 Å². The molecule has 9 nitrogen and oxygen atoms in total. The molecule has 5 rings (SSSR count). The van der Waals surface area contributed by atoms with Crippen LogP contribution < -0.4 is 4.90 Å². The van der Waals surface area contributed by atoms with Crippen molar-refractivity contribution in [2.75, 3.05) is 4.90 Å². The first-order valence-corrected chi connectivity index (χ1v) is 17.8. The summed E-state index contributed by atoms with van der Waals surface area (Å²) >= 11 is 0. The van der Waals surface area contributed by atoms with Crippen molar-refractivity contribution >= 4 is 52.6 Å². The van der Waals surface area contributed by atoms with Gasteiger partial charge in [-0.1, -0.05) is 111 Å². The van der Waals surface area contributed by atoms with Crippen LogP contribution in [0.25, 0.3) is 11.6 Å². The molecule has 0 amide bonds. The molecule has 9 heteroatoms. The van der Waals surface area contributed by atoms with E-state index in [1.807, 2.05) is 121 Å². The third-order valence-electron chi connectivity index (χ3n) is 8.57. The zero-order valence-corrected chi connectivity index (χ0v) is 31.3. The number of anilines is 3. The summed E-state index contributed by atoms with van der Waals surface area (Å²) in [5.74, 6) is -1.98. The maximum absolute atomic E-state index is 11.6. The fourth-order valence-corrected chi connectivity index (χ4v) is 5.56. The highest BCUT2D eigenvalue weighted by atomic mass is 16.5. The average molecular weight is 760 g/mol. The lowest BCUT2D eigenvalue weighted by molar-refractivity contribution is -0.139. The Morgan fingerprint density at radius 1 is 0.404 bits per heavy atom. The molecule has 0 aliphatic carbocycles. The molecule has 0 aromatic heterocycles. The monoisotopic (exact) mass is 759 g/mol. The van der Waals surface area contributed by atoms with Crippen LogP contribution in [0.5, 0.6) is 0 Å². The number of carbonyl (C=O) groups excluding carboxylic acids is 4. The highest BCUT2D eigenvalue weighted by Crippen LogP contribution is 2.36. The average Bonchev–Trinajstić information content (AvgIpc) is 3.26. The van der Waals surface area contributed by atoms with Gasteiger partial charge in [-0.25, -0.2) is 19.2 Å². The van der Waals surface area contributed by atoms with Crippen LogP contribution >= 0.6 is 0 Å². The van der Waals surface area contributed by atoms with E-state index in [-0.39, 0.29) is 26.4 Å². The number of hydrogen-bond donors (Lipinski definition) is 0. The van der Waals surface area contributed by atoms with Gasteiger partial charge in [0, 0.05) is 41.4 Å². The molecule has 0 radical (unpaired) electrons. The van der Waals surface area contributed by atoms with E-state index in [2.05, 4.69) is 37.3 Å². The lowest BCUT2D eigenvalue weighted by Gasteiger charge is -2.26. The number of hydrogen-bond acceptors (Lipinski definition) is 9. The van der Waals surface area contributed by atoms with E-state index in [1.54, 1.807) is 0 Å². The van der Waals surface area contributed by atoms with E-state index in [4.69, 9.17) is 18.9 Å². The molecule has 0 atom stereocenters. The van der Waals surface area contributed by atoms with Crippen molar-refractivity contribution in [1.29, 1.82) is 0 Å². The van der Waals surface area contributed by atoms with Gasteiger partial charge in [-0.05, 0) is 87.0 Å². The second-order valence-electron chi connectivity index (χ2n) is 12.5. The van der Waals surface area contributed by atoms with Gasteiger partial charge < -0.3 is 23.8 Å². The summed E-state index contributed by atoms with van der Waals surface area (Å²) in [6.45, 7) is 14.3. The van der Waals surface area contributed by atoms with Crippen LogP contribution in [0.3, 0.4) is 0 Å². The van der Waals surface area contributed by atoms with E-state index in [9.17, 15) is 19.2 Å². The smallest absolute Gasteiger partial charge is 0.330 e. The Kier molecular flexibility index (Phi) is 14.4. The Bertz CT molecular complexity index is 2120. The molecule has 0 N–H and O–H groups in total. The molecular weight excluding hydrogens is 719 g/mol. The number of nitrogens with zero attached hydrogens (tertiary/aromatic N) is 1. The normalized spacial score (nSPS) is 10.2. The summed E-state index contributed by atoms with van der Waals surface area (Å²) in [7, 11) is 0. The first-order chi connectivity index (χ1) is 27.7. The van der Waals surface area contributed by atoms with Crippen molar-refractivity contribution in [3.63, 3.8) is 0 Å². The SMILES string of the molecule is C=CC(=O)OCc1ccc(C(=Cc2ccc(N(c3ccc(COC(=O)C=C)cc3)c3ccc(COC(=O)C=C)cc3)cc2)c2ccc(COC(=O)C=C)cc2)cc1. The standard InChI is InChI=1S/C48H41NO8/c1-5-45(50)54-30-35-9-19-39(20-10-35)44(40-21-11-36(12-22-40)31-55-46(51)6-2)29-34-13-23-41(24-14-34)49(42-25-15-37(16-26-42)32-56-47(52)7-3)43-27-17-38(18-28-43)33-57-48(53)8-4/h5-29H,1-4,30-33H2. The first kappa shape index (κ1) is 40.7. The first-order valence-electron chi connectivity index (χ1n) is 17.8. The van der Waals surface area contributed by atoms with E-state index >= 15 is 0 Å².